The largest absolute Gasteiger partial charge is 0.444 e. The van der Waals surface area contributed by atoms with E-state index >= 15 is 0 Å². The van der Waals surface area contributed by atoms with Gasteiger partial charge >= 0.3 is 6.09 Å². The lowest BCUT2D eigenvalue weighted by Gasteiger charge is -2.55. The van der Waals surface area contributed by atoms with Crippen molar-refractivity contribution in [1.82, 2.24) is 4.90 Å². The van der Waals surface area contributed by atoms with E-state index in [2.05, 4.69) is 6.92 Å². The highest BCUT2D eigenvalue weighted by molar-refractivity contribution is 5.77. The molecule has 0 N–H and O–H groups in total. The predicted octanol–water partition coefficient (Wildman–Crippen LogP) is 3.39. The van der Waals surface area contributed by atoms with Crippen LogP contribution in [-0.4, -0.2) is 35.5 Å². The molecule has 0 radical (unpaired) electrons. The molecular weight excluding hydrogens is 242 g/mol. The smallest absolute Gasteiger partial charge is 0.410 e. The minimum atomic E-state index is -0.789. The molecule has 0 aliphatic heterocycles. The Kier molecular flexibility index (Phi) is 4.33. The fraction of sp³-hybridized carbons (Fsp3) is 0.867. The van der Waals surface area contributed by atoms with Gasteiger partial charge in [-0.1, -0.05) is 13.3 Å². The molecule has 1 rings (SSSR count). The summed E-state index contributed by atoms with van der Waals surface area (Å²) >= 11 is 0. The topological polar surface area (TPSA) is 46.6 Å². The van der Waals surface area contributed by atoms with Crippen LogP contribution < -0.4 is 0 Å². The van der Waals surface area contributed by atoms with Gasteiger partial charge < -0.3 is 9.53 Å². The van der Waals surface area contributed by atoms with Gasteiger partial charge in [-0.05, 0) is 47.0 Å². The second-order valence-electron chi connectivity index (χ2n) is 6.79. The van der Waals surface area contributed by atoms with Crippen LogP contribution in [0.3, 0.4) is 0 Å². The van der Waals surface area contributed by atoms with Crippen molar-refractivity contribution in [3.63, 3.8) is 0 Å². The summed E-state index contributed by atoms with van der Waals surface area (Å²) in [5.41, 5.74) is -1.43. The van der Waals surface area contributed by atoms with Crippen LogP contribution in [0.2, 0.25) is 0 Å². The third-order valence-corrected chi connectivity index (χ3v) is 4.65. The van der Waals surface area contributed by atoms with E-state index in [1.807, 2.05) is 27.7 Å². The minimum Gasteiger partial charge on any atom is -0.444 e. The Balaban J connectivity index is 2.95. The Morgan fingerprint density at radius 1 is 1.32 bits per heavy atom. The standard InChI is InChI=1S/C15H27NO3/c1-7-15(9-8-10-15)14(5,11-17)16(6)12(18)19-13(2,3)4/h11H,7-10H2,1-6H3. The number of hydrogen-bond acceptors (Lipinski definition) is 3. The maximum absolute atomic E-state index is 12.2. The van der Waals surface area contributed by atoms with E-state index in [1.54, 1.807) is 7.05 Å². The maximum Gasteiger partial charge on any atom is 0.410 e. The average molecular weight is 269 g/mol. The van der Waals surface area contributed by atoms with Crippen LogP contribution in [0.15, 0.2) is 0 Å². The summed E-state index contributed by atoms with van der Waals surface area (Å²) in [6, 6.07) is 0. The highest BCUT2D eigenvalue weighted by Gasteiger charge is 2.54. The summed E-state index contributed by atoms with van der Waals surface area (Å²) < 4.78 is 5.38. The molecule has 1 aliphatic carbocycles. The number of nitrogens with zero attached hydrogens (tertiary/aromatic N) is 1. The lowest BCUT2D eigenvalue weighted by Crippen LogP contribution is -2.62. The lowest BCUT2D eigenvalue weighted by atomic mass is 9.56. The van der Waals surface area contributed by atoms with Crippen LogP contribution in [0.4, 0.5) is 4.79 Å². The zero-order chi connectivity index (χ0) is 14.9. The molecule has 0 aromatic rings. The fourth-order valence-corrected chi connectivity index (χ4v) is 2.90. The fourth-order valence-electron chi connectivity index (χ4n) is 2.90. The summed E-state index contributed by atoms with van der Waals surface area (Å²) in [6.07, 6.45) is 4.49. The van der Waals surface area contributed by atoms with E-state index < -0.39 is 17.2 Å². The molecule has 19 heavy (non-hydrogen) atoms. The van der Waals surface area contributed by atoms with Crippen molar-refractivity contribution in [3.8, 4) is 0 Å². The first-order valence-corrected chi connectivity index (χ1v) is 7.05. The second-order valence-corrected chi connectivity index (χ2v) is 6.79. The Bertz CT molecular complexity index is 349. The van der Waals surface area contributed by atoms with E-state index in [4.69, 9.17) is 4.74 Å². The van der Waals surface area contributed by atoms with Crippen molar-refractivity contribution in [1.29, 1.82) is 0 Å². The molecule has 0 spiro atoms. The number of aldehydes is 1. The third-order valence-electron chi connectivity index (χ3n) is 4.65. The van der Waals surface area contributed by atoms with E-state index in [0.29, 0.717) is 0 Å². The molecule has 1 amide bonds. The van der Waals surface area contributed by atoms with Gasteiger partial charge in [0, 0.05) is 12.5 Å². The van der Waals surface area contributed by atoms with Crippen molar-refractivity contribution in [3.05, 3.63) is 0 Å². The third kappa shape index (κ3) is 2.77. The van der Waals surface area contributed by atoms with Gasteiger partial charge in [0.1, 0.15) is 17.4 Å². The molecule has 0 saturated heterocycles. The average Bonchev–Trinajstić information content (AvgIpc) is 2.24. The Morgan fingerprint density at radius 3 is 2.11 bits per heavy atom. The number of ether oxygens (including phenoxy) is 1. The second kappa shape index (κ2) is 5.14. The Labute approximate surface area is 116 Å². The molecule has 0 aromatic carbocycles. The van der Waals surface area contributed by atoms with Crippen molar-refractivity contribution in [2.75, 3.05) is 7.05 Å². The van der Waals surface area contributed by atoms with E-state index in [1.165, 1.54) is 4.90 Å². The molecule has 110 valence electrons. The zero-order valence-electron chi connectivity index (χ0n) is 13.1. The summed E-state index contributed by atoms with van der Waals surface area (Å²) in [7, 11) is 1.66. The number of rotatable bonds is 4. The highest BCUT2D eigenvalue weighted by Crippen LogP contribution is 2.53. The van der Waals surface area contributed by atoms with Crippen LogP contribution >= 0.6 is 0 Å². The lowest BCUT2D eigenvalue weighted by molar-refractivity contribution is -0.132. The van der Waals surface area contributed by atoms with Crippen LogP contribution in [0.25, 0.3) is 0 Å². The molecule has 4 nitrogen and oxygen atoms in total. The summed E-state index contributed by atoms with van der Waals surface area (Å²) in [5.74, 6) is 0. The zero-order valence-corrected chi connectivity index (χ0v) is 13.1. The molecule has 1 saturated carbocycles. The molecule has 1 unspecified atom stereocenters. The molecule has 0 bridgehead atoms. The summed E-state index contributed by atoms with van der Waals surface area (Å²) in [6.45, 7) is 9.43. The summed E-state index contributed by atoms with van der Waals surface area (Å²) in [4.78, 5) is 25.4. The monoisotopic (exact) mass is 269 g/mol. The molecular formula is C15H27NO3. The van der Waals surface area contributed by atoms with Crippen molar-refractivity contribution < 1.29 is 14.3 Å². The van der Waals surface area contributed by atoms with Crippen molar-refractivity contribution >= 4 is 12.4 Å². The van der Waals surface area contributed by atoms with Gasteiger partial charge in [0.2, 0.25) is 0 Å². The van der Waals surface area contributed by atoms with Crippen molar-refractivity contribution in [2.45, 2.75) is 71.4 Å². The van der Waals surface area contributed by atoms with Crippen molar-refractivity contribution in [2.24, 2.45) is 5.41 Å². The maximum atomic E-state index is 12.2. The number of hydrogen-bond donors (Lipinski definition) is 0. The first kappa shape index (κ1) is 16.0. The van der Waals surface area contributed by atoms with Gasteiger partial charge in [-0.2, -0.15) is 0 Å². The predicted molar refractivity (Wildman–Crippen MR) is 75.0 cm³/mol. The summed E-state index contributed by atoms with van der Waals surface area (Å²) in [5, 5.41) is 0. The molecule has 0 aromatic heterocycles. The van der Waals surface area contributed by atoms with E-state index in [-0.39, 0.29) is 5.41 Å². The SMILES string of the molecule is CCC1(C(C)(C=O)N(C)C(=O)OC(C)(C)C)CCC1. The number of carbonyl (C=O) groups is 2. The van der Waals surface area contributed by atoms with Gasteiger partial charge in [0.15, 0.2) is 0 Å². The Morgan fingerprint density at radius 2 is 1.84 bits per heavy atom. The van der Waals surface area contributed by atoms with Gasteiger partial charge in [-0.3, -0.25) is 4.90 Å². The molecule has 0 heterocycles. The van der Waals surface area contributed by atoms with Crippen LogP contribution in [0.1, 0.15) is 60.3 Å². The van der Waals surface area contributed by atoms with Gasteiger partial charge in [-0.15, -0.1) is 0 Å². The number of carbonyl (C=O) groups excluding carboxylic acids is 2. The number of likely N-dealkylation sites (N-methyl/N-ethyl adjacent to an activating group) is 1. The quantitative estimate of drug-likeness (QED) is 0.735. The van der Waals surface area contributed by atoms with E-state index in [0.717, 1.165) is 32.0 Å². The minimum absolute atomic E-state index is 0.0968. The van der Waals surface area contributed by atoms with Gasteiger partial charge in [0.25, 0.3) is 0 Å². The molecule has 1 atom stereocenters. The normalized spacial score (nSPS) is 20.9. The number of amides is 1. The van der Waals surface area contributed by atoms with Gasteiger partial charge in [0.05, 0.1) is 0 Å². The molecule has 1 aliphatic rings. The Hall–Kier alpha value is -1.06. The first-order chi connectivity index (χ1) is 8.62. The molecule has 4 heteroatoms. The molecule has 1 fully saturated rings. The van der Waals surface area contributed by atoms with Gasteiger partial charge in [-0.25, -0.2) is 4.79 Å². The van der Waals surface area contributed by atoms with Crippen LogP contribution in [0.5, 0.6) is 0 Å². The van der Waals surface area contributed by atoms with E-state index in [9.17, 15) is 9.59 Å². The first-order valence-electron chi connectivity index (χ1n) is 7.05. The van der Waals surface area contributed by atoms with Crippen LogP contribution in [0, 0.1) is 5.41 Å². The highest BCUT2D eigenvalue weighted by atomic mass is 16.6. The van der Waals surface area contributed by atoms with Crippen LogP contribution in [-0.2, 0) is 9.53 Å².